The Morgan fingerprint density at radius 3 is 2.65 bits per heavy atom. The predicted octanol–water partition coefficient (Wildman–Crippen LogP) is 4.46. The van der Waals surface area contributed by atoms with Gasteiger partial charge in [0.05, 0.1) is 0 Å². The van der Waals surface area contributed by atoms with Crippen molar-refractivity contribution >= 4 is 33.4 Å². The lowest BCUT2D eigenvalue weighted by Crippen LogP contribution is -2.26. The van der Waals surface area contributed by atoms with Gasteiger partial charge >= 0.3 is 0 Å². The zero-order chi connectivity index (χ0) is 14.5. The highest BCUT2D eigenvalue weighted by molar-refractivity contribution is 9.10. The highest BCUT2D eigenvalue weighted by Gasteiger charge is 2.13. The molecular weight excluding hydrogens is 338 g/mol. The van der Waals surface area contributed by atoms with Crippen molar-refractivity contribution < 1.29 is 4.79 Å². The molecule has 2 aromatic carbocycles. The van der Waals surface area contributed by atoms with Crippen molar-refractivity contribution in [3.8, 4) is 0 Å². The SMILES string of the molecule is CN(Cc1ccccc1Br)C(=O)c1cccc(CCl)c1. The maximum atomic E-state index is 12.4. The molecule has 0 aliphatic heterocycles. The Bertz CT molecular complexity index is 615. The van der Waals surface area contributed by atoms with Gasteiger partial charge < -0.3 is 4.90 Å². The summed E-state index contributed by atoms with van der Waals surface area (Å²) in [4.78, 5) is 14.1. The van der Waals surface area contributed by atoms with Crippen LogP contribution in [0, 0.1) is 0 Å². The Labute approximate surface area is 132 Å². The molecule has 1 amide bonds. The topological polar surface area (TPSA) is 20.3 Å². The fourth-order valence-corrected chi connectivity index (χ4v) is 2.54. The molecule has 0 bridgehead atoms. The summed E-state index contributed by atoms with van der Waals surface area (Å²) in [5.41, 5.74) is 2.70. The number of hydrogen-bond donors (Lipinski definition) is 0. The van der Waals surface area contributed by atoms with Gasteiger partial charge in [-0.25, -0.2) is 0 Å². The van der Waals surface area contributed by atoms with Crippen LogP contribution in [-0.4, -0.2) is 17.9 Å². The van der Waals surface area contributed by atoms with E-state index in [-0.39, 0.29) is 5.91 Å². The largest absolute Gasteiger partial charge is 0.337 e. The van der Waals surface area contributed by atoms with Crippen molar-refractivity contribution in [3.05, 3.63) is 69.7 Å². The van der Waals surface area contributed by atoms with Gasteiger partial charge in [0.25, 0.3) is 5.91 Å². The molecule has 20 heavy (non-hydrogen) atoms. The summed E-state index contributed by atoms with van der Waals surface area (Å²) in [7, 11) is 1.80. The Morgan fingerprint density at radius 1 is 1.20 bits per heavy atom. The molecule has 0 heterocycles. The van der Waals surface area contributed by atoms with E-state index >= 15 is 0 Å². The summed E-state index contributed by atoms with van der Waals surface area (Å²) >= 11 is 9.30. The third-order valence-corrected chi connectivity index (χ3v) is 4.12. The summed E-state index contributed by atoms with van der Waals surface area (Å²) < 4.78 is 1.01. The second-order valence-electron chi connectivity index (χ2n) is 4.59. The molecule has 104 valence electrons. The first-order chi connectivity index (χ1) is 9.61. The molecule has 0 aliphatic carbocycles. The molecule has 0 aromatic heterocycles. The molecule has 0 saturated heterocycles. The van der Waals surface area contributed by atoms with E-state index in [4.69, 9.17) is 11.6 Å². The van der Waals surface area contributed by atoms with E-state index in [0.29, 0.717) is 18.0 Å². The van der Waals surface area contributed by atoms with Crippen LogP contribution in [0.15, 0.2) is 53.0 Å². The monoisotopic (exact) mass is 351 g/mol. The third kappa shape index (κ3) is 3.62. The van der Waals surface area contributed by atoms with Crippen molar-refractivity contribution in [2.24, 2.45) is 0 Å². The molecule has 0 aliphatic rings. The van der Waals surface area contributed by atoms with Crippen LogP contribution in [0.1, 0.15) is 21.5 Å². The number of carbonyl (C=O) groups is 1. The number of benzene rings is 2. The first-order valence-corrected chi connectivity index (χ1v) is 7.58. The number of halogens is 2. The average molecular weight is 353 g/mol. The molecule has 2 rings (SSSR count). The van der Waals surface area contributed by atoms with Gasteiger partial charge in [-0.05, 0) is 29.3 Å². The molecule has 0 fully saturated rings. The van der Waals surface area contributed by atoms with E-state index in [0.717, 1.165) is 15.6 Å². The van der Waals surface area contributed by atoms with Gasteiger partial charge in [0.2, 0.25) is 0 Å². The average Bonchev–Trinajstić information content (AvgIpc) is 2.48. The molecule has 0 saturated carbocycles. The summed E-state index contributed by atoms with van der Waals surface area (Å²) in [6.45, 7) is 0.561. The standard InChI is InChI=1S/C16H15BrClNO/c1-19(11-14-6-2-3-8-15(14)17)16(20)13-7-4-5-12(9-13)10-18/h2-9H,10-11H2,1H3. The number of nitrogens with zero attached hydrogens (tertiary/aromatic N) is 1. The molecule has 2 nitrogen and oxygen atoms in total. The van der Waals surface area contributed by atoms with Gasteiger partial charge in [0.1, 0.15) is 0 Å². The van der Waals surface area contributed by atoms with Crippen LogP contribution in [0.4, 0.5) is 0 Å². The fourth-order valence-electron chi connectivity index (χ4n) is 1.96. The summed E-state index contributed by atoms with van der Waals surface area (Å²) in [6, 6.07) is 15.3. The normalized spacial score (nSPS) is 10.3. The Morgan fingerprint density at radius 2 is 1.95 bits per heavy atom. The van der Waals surface area contributed by atoms with Crippen LogP contribution in [0.25, 0.3) is 0 Å². The lowest BCUT2D eigenvalue weighted by atomic mass is 10.1. The third-order valence-electron chi connectivity index (χ3n) is 3.04. The van der Waals surface area contributed by atoms with Crippen LogP contribution in [-0.2, 0) is 12.4 Å². The zero-order valence-electron chi connectivity index (χ0n) is 11.1. The summed E-state index contributed by atoms with van der Waals surface area (Å²) in [5.74, 6) is 0.405. The van der Waals surface area contributed by atoms with Crippen molar-refractivity contribution in [1.82, 2.24) is 4.90 Å². The molecule has 0 atom stereocenters. The molecule has 0 unspecified atom stereocenters. The minimum Gasteiger partial charge on any atom is -0.337 e. The number of rotatable bonds is 4. The lowest BCUT2D eigenvalue weighted by molar-refractivity contribution is 0.0785. The van der Waals surface area contributed by atoms with Crippen molar-refractivity contribution in [2.45, 2.75) is 12.4 Å². The minimum absolute atomic E-state index is 0.00674. The number of hydrogen-bond acceptors (Lipinski definition) is 1. The van der Waals surface area contributed by atoms with Crippen molar-refractivity contribution in [3.63, 3.8) is 0 Å². The Balaban J connectivity index is 2.14. The Hall–Kier alpha value is -1.32. The fraction of sp³-hybridized carbons (Fsp3) is 0.188. The van der Waals surface area contributed by atoms with Gasteiger partial charge in [-0.3, -0.25) is 4.79 Å². The second-order valence-corrected chi connectivity index (χ2v) is 5.71. The highest BCUT2D eigenvalue weighted by atomic mass is 79.9. The van der Waals surface area contributed by atoms with E-state index in [1.807, 2.05) is 48.5 Å². The first kappa shape index (κ1) is 15.1. The predicted molar refractivity (Wildman–Crippen MR) is 85.9 cm³/mol. The lowest BCUT2D eigenvalue weighted by Gasteiger charge is -2.18. The first-order valence-electron chi connectivity index (χ1n) is 6.25. The molecular formula is C16H15BrClNO. The number of amides is 1. The zero-order valence-corrected chi connectivity index (χ0v) is 13.5. The van der Waals surface area contributed by atoms with Crippen LogP contribution in [0.5, 0.6) is 0 Å². The van der Waals surface area contributed by atoms with Gasteiger partial charge in [-0.1, -0.05) is 46.3 Å². The molecule has 0 radical (unpaired) electrons. The van der Waals surface area contributed by atoms with Crippen molar-refractivity contribution in [1.29, 1.82) is 0 Å². The maximum absolute atomic E-state index is 12.4. The highest BCUT2D eigenvalue weighted by Crippen LogP contribution is 2.18. The minimum atomic E-state index is -0.00674. The summed E-state index contributed by atoms with van der Waals surface area (Å²) in [5, 5.41) is 0. The van der Waals surface area contributed by atoms with Gasteiger partial charge in [-0.2, -0.15) is 0 Å². The second kappa shape index (κ2) is 6.91. The molecule has 4 heteroatoms. The van der Waals surface area contributed by atoms with Crippen LogP contribution < -0.4 is 0 Å². The van der Waals surface area contributed by atoms with Crippen molar-refractivity contribution in [2.75, 3.05) is 7.05 Å². The van der Waals surface area contributed by atoms with Crippen LogP contribution in [0.2, 0.25) is 0 Å². The van der Waals surface area contributed by atoms with Gasteiger partial charge in [0, 0.05) is 29.5 Å². The van der Waals surface area contributed by atoms with E-state index in [9.17, 15) is 4.79 Å². The smallest absolute Gasteiger partial charge is 0.253 e. The molecule has 0 N–H and O–H groups in total. The number of carbonyl (C=O) groups excluding carboxylic acids is 1. The van der Waals surface area contributed by atoms with E-state index in [1.165, 1.54) is 0 Å². The molecule has 0 spiro atoms. The number of alkyl halides is 1. The van der Waals surface area contributed by atoms with Gasteiger partial charge in [-0.15, -0.1) is 11.6 Å². The summed E-state index contributed by atoms with van der Waals surface area (Å²) in [6.07, 6.45) is 0. The molecule has 2 aromatic rings. The van der Waals surface area contributed by atoms with E-state index < -0.39 is 0 Å². The quantitative estimate of drug-likeness (QED) is 0.744. The van der Waals surface area contributed by atoms with E-state index in [1.54, 1.807) is 11.9 Å². The van der Waals surface area contributed by atoms with Gasteiger partial charge in [0.15, 0.2) is 0 Å². The van der Waals surface area contributed by atoms with Crippen LogP contribution >= 0.6 is 27.5 Å². The van der Waals surface area contributed by atoms with Crippen LogP contribution in [0.3, 0.4) is 0 Å². The van der Waals surface area contributed by atoms with E-state index in [2.05, 4.69) is 15.9 Å². The Kier molecular flexibility index (Phi) is 5.21. The maximum Gasteiger partial charge on any atom is 0.253 e.